The third kappa shape index (κ3) is 4.36. The van der Waals surface area contributed by atoms with Gasteiger partial charge in [-0.25, -0.2) is 4.99 Å². The molecule has 1 aliphatic heterocycles. The Morgan fingerprint density at radius 3 is 2.72 bits per heavy atom. The van der Waals surface area contributed by atoms with E-state index < -0.39 is 0 Å². The standard InChI is InChI=1S/C21H28N2O2/c1-14-7-9-17-13-18(21(25)23-20(17)15(14)2)11-12-22-19(24)10-8-16-5-3-4-6-16/h7,9,13,16,18H,3-6,8,10-12H2,1-2H3,(H,22,24). The fourth-order valence-electron chi connectivity index (χ4n) is 3.88. The molecule has 4 heteroatoms. The van der Waals surface area contributed by atoms with Gasteiger partial charge in [0.25, 0.3) is 5.91 Å². The molecule has 1 aromatic carbocycles. The lowest BCUT2D eigenvalue weighted by atomic mass is 9.97. The Morgan fingerprint density at radius 2 is 1.96 bits per heavy atom. The Hall–Kier alpha value is -1.97. The Balaban J connectivity index is 1.51. The van der Waals surface area contributed by atoms with E-state index in [0.717, 1.165) is 34.0 Å². The Kier molecular flexibility index (Phi) is 5.67. The highest BCUT2D eigenvalue weighted by atomic mass is 16.2. The molecule has 1 aliphatic carbocycles. The quantitative estimate of drug-likeness (QED) is 0.864. The van der Waals surface area contributed by atoms with Crippen molar-refractivity contribution >= 4 is 17.9 Å². The summed E-state index contributed by atoms with van der Waals surface area (Å²) >= 11 is 0. The van der Waals surface area contributed by atoms with Crippen molar-refractivity contribution in [3.05, 3.63) is 33.8 Å². The molecule has 1 atom stereocenters. The summed E-state index contributed by atoms with van der Waals surface area (Å²) in [6.07, 6.45) is 9.41. The van der Waals surface area contributed by atoms with E-state index in [1.54, 1.807) is 0 Å². The van der Waals surface area contributed by atoms with Crippen molar-refractivity contribution in [1.29, 1.82) is 0 Å². The summed E-state index contributed by atoms with van der Waals surface area (Å²) in [5, 5.41) is 4.80. The summed E-state index contributed by atoms with van der Waals surface area (Å²) < 4.78 is 0. The fraction of sp³-hybridized carbons (Fsp3) is 0.571. The number of aryl methyl sites for hydroxylation is 1. The number of hydrogen-bond donors (Lipinski definition) is 1. The number of nitrogens with one attached hydrogen (secondary N) is 1. The normalized spacial score (nSPS) is 19.9. The van der Waals surface area contributed by atoms with Crippen LogP contribution in [0.5, 0.6) is 0 Å². The van der Waals surface area contributed by atoms with Crippen LogP contribution < -0.4 is 15.9 Å². The molecule has 1 heterocycles. The smallest absolute Gasteiger partial charge is 0.253 e. The first-order valence-corrected chi connectivity index (χ1v) is 9.52. The largest absolute Gasteiger partial charge is 0.356 e. The highest BCUT2D eigenvalue weighted by Crippen LogP contribution is 2.28. The number of amides is 2. The lowest BCUT2D eigenvalue weighted by Crippen LogP contribution is -2.37. The van der Waals surface area contributed by atoms with Gasteiger partial charge in [0.15, 0.2) is 0 Å². The van der Waals surface area contributed by atoms with Crippen LogP contribution in [0, 0.1) is 25.7 Å². The zero-order valence-electron chi connectivity index (χ0n) is 15.3. The molecule has 2 aliphatic rings. The minimum absolute atomic E-state index is 0.0959. The van der Waals surface area contributed by atoms with Crippen molar-refractivity contribution in [2.24, 2.45) is 16.8 Å². The van der Waals surface area contributed by atoms with Crippen molar-refractivity contribution in [3.8, 4) is 0 Å². The Bertz CT molecular complexity index is 776. The van der Waals surface area contributed by atoms with Crippen LogP contribution in [0.4, 0.5) is 0 Å². The van der Waals surface area contributed by atoms with Gasteiger partial charge in [0.05, 0.1) is 11.3 Å². The first kappa shape index (κ1) is 17.8. The summed E-state index contributed by atoms with van der Waals surface area (Å²) in [5.74, 6) is 0.520. The summed E-state index contributed by atoms with van der Waals surface area (Å²) in [5.41, 5.74) is 2.22. The lowest BCUT2D eigenvalue weighted by molar-refractivity contribution is -0.122. The van der Waals surface area contributed by atoms with Gasteiger partial charge in [0.1, 0.15) is 0 Å². The minimum Gasteiger partial charge on any atom is -0.356 e. The Morgan fingerprint density at radius 1 is 1.20 bits per heavy atom. The van der Waals surface area contributed by atoms with Gasteiger partial charge < -0.3 is 5.32 Å². The third-order valence-electron chi connectivity index (χ3n) is 5.68. The van der Waals surface area contributed by atoms with E-state index in [2.05, 4.69) is 16.4 Å². The monoisotopic (exact) mass is 340 g/mol. The van der Waals surface area contributed by atoms with Crippen LogP contribution in [0.15, 0.2) is 17.1 Å². The van der Waals surface area contributed by atoms with Crippen molar-refractivity contribution < 1.29 is 9.59 Å². The highest BCUT2D eigenvalue weighted by Gasteiger charge is 2.20. The van der Waals surface area contributed by atoms with Crippen LogP contribution in [0.3, 0.4) is 0 Å². The van der Waals surface area contributed by atoms with Crippen molar-refractivity contribution in [2.45, 2.75) is 58.8 Å². The highest BCUT2D eigenvalue weighted by molar-refractivity contribution is 5.86. The van der Waals surface area contributed by atoms with E-state index in [4.69, 9.17) is 0 Å². The molecule has 0 bridgehead atoms. The number of benzene rings is 1. The van der Waals surface area contributed by atoms with Gasteiger partial charge in [-0.15, -0.1) is 0 Å². The molecule has 0 radical (unpaired) electrons. The van der Waals surface area contributed by atoms with Crippen LogP contribution >= 0.6 is 0 Å². The van der Waals surface area contributed by atoms with Crippen LogP contribution in [-0.4, -0.2) is 18.4 Å². The molecule has 1 fully saturated rings. The molecule has 1 N–H and O–H groups in total. The molecule has 2 amide bonds. The Labute approximate surface area is 149 Å². The van der Waals surface area contributed by atoms with E-state index >= 15 is 0 Å². The zero-order valence-corrected chi connectivity index (χ0v) is 15.3. The molecule has 3 rings (SSSR count). The topological polar surface area (TPSA) is 58.5 Å². The maximum Gasteiger partial charge on any atom is 0.253 e. The van der Waals surface area contributed by atoms with E-state index in [1.165, 1.54) is 25.7 Å². The van der Waals surface area contributed by atoms with Crippen molar-refractivity contribution in [3.63, 3.8) is 0 Å². The third-order valence-corrected chi connectivity index (χ3v) is 5.68. The molecular formula is C21H28N2O2. The maximum atomic E-state index is 12.3. The number of carbonyl (C=O) groups is 2. The SMILES string of the molecule is Cc1ccc2c(c1C)=NC(=O)C(CCNC(=O)CCC1CCCC1)C=2. The van der Waals surface area contributed by atoms with E-state index in [-0.39, 0.29) is 17.7 Å². The first-order chi connectivity index (χ1) is 12.0. The van der Waals surface area contributed by atoms with Crippen LogP contribution in [0.1, 0.15) is 56.1 Å². The van der Waals surface area contributed by atoms with Crippen molar-refractivity contribution in [1.82, 2.24) is 5.32 Å². The second kappa shape index (κ2) is 7.94. The summed E-state index contributed by atoms with van der Waals surface area (Å²) in [6, 6.07) is 4.10. The minimum atomic E-state index is -0.232. The van der Waals surface area contributed by atoms with Crippen LogP contribution in [-0.2, 0) is 9.59 Å². The van der Waals surface area contributed by atoms with Gasteiger partial charge in [0, 0.05) is 13.0 Å². The van der Waals surface area contributed by atoms with Crippen LogP contribution in [0.25, 0.3) is 6.08 Å². The first-order valence-electron chi connectivity index (χ1n) is 9.52. The molecule has 134 valence electrons. The zero-order chi connectivity index (χ0) is 17.8. The van der Waals surface area contributed by atoms with E-state index in [1.807, 2.05) is 26.0 Å². The molecule has 1 saturated carbocycles. The van der Waals surface area contributed by atoms with Gasteiger partial charge in [-0.2, -0.15) is 0 Å². The lowest BCUT2D eigenvalue weighted by Gasteiger charge is -2.14. The number of rotatable bonds is 6. The summed E-state index contributed by atoms with van der Waals surface area (Å²) in [6.45, 7) is 4.57. The van der Waals surface area contributed by atoms with Crippen LogP contribution in [0.2, 0.25) is 0 Å². The maximum absolute atomic E-state index is 12.3. The fourth-order valence-corrected chi connectivity index (χ4v) is 3.88. The molecule has 25 heavy (non-hydrogen) atoms. The molecule has 0 saturated heterocycles. The van der Waals surface area contributed by atoms with Gasteiger partial charge in [-0.05, 0) is 49.0 Å². The van der Waals surface area contributed by atoms with E-state index in [9.17, 15) is 9.59 Å². The van der Waals surface area contributed by atoms with Gasteiger partial charge >= 0.3 is 0 Å². The van der Waals surface area contributed by atoms with Gasteiger partial charge in [-0.1, -0.05) is 43.9 Å². The second-order valence-electron chi connectivity index (χ2n) is 7.50. The van der Waals surface area contributed by atoms with Gasteiger partial charge in [0.2, 0.25) is 5.91 Å². The molecular weight excluding hydrogens is 312 g/mol. The molecule has 4 nitrogen and oxygen atoms in total. The van der Waals surface area contributed by atoms with Crippen molar-refractivity contribution in [2.75, 3.05) is 6.54 Å². The second-order valence-corrected chi connectivity index (χ2v) is 7.50. The molecule has 0 aromatic heterocycles. The molecule has 1 aromatic rings. The van der Waals surface area contributed by atoms with Gasteiger partial charge in [-0.3, -0.25) is 9.59 Å². The predicted molar refractivity (Wildman–Crippen MR) is 98.5 cm³/mol. The number of nitrogens with zero attached hydrogens (tertiary/aromatic N) is 1. The number of hydrogen-bond acceptors (Lipinski definition) is 2. The van der Waals surface area contributed by atoms with E-state index in [0.29, 0.717) is 19.4 Å². The average Bonchev–Trinajstić information content (AvgIpc) is 3.11. The summed E-state index contributed by atoms with van der Waals surface area (Å²) in [7, 11) is 0. The average molecular weight is 340 g/mol. The number of fused-ring (bicyclic) bond motifs is 1. The summed E-state index contributed by atoms with van der Waals surface area (Å²) in [4.78, 5) is 28.6. The molecule has 0 spiro atoms. The predicted octanol–water partition coefficient (Wildman–Crippen LogP) is 2.34. The number of carbonyl (C=O) groups excluding carboxylic acids is 2. The molecule has 1 unspecified atom stereocenters.